The smallest absolute Gasteiger partial charge is 0.431 e. The van der Waals surface area contributed by atoms with Gasteiger partial charge in [0.25, 0.3) is 22.2 Å². The van der Waals surface area contributed by atoms with Crippen LogP contribution in [0.5, 0.6) is 35.3 Å². The zero-order chi connectivity index (χ0) is 106. The van der Waals surface area contributed by atoms with Crippen LogP contribution in [0.1, 0.15) is 131 Å². The van der Waals surface area contributed by atoms with E-state index in [1.54, 1.807) is 48.5 Å². The number of aromatic nitrogens is 12. The molecule has 0 atom stereocenters. The molecule has 3 amide bonds. The van der Waals surface area contributed by atoms with Crippen molar-refractivity contribution in [2.45, 2.75) is 145 Å². The van der Waals surface area contributed by atoms with Gasteiger partial charge in [0.05, 0.1) is 48.6 Å². The second kappa shape index (κ2) is 48.0. The number of alkyl carbamates (subject to hydrolysis) is 2. The highest BCUT2D eigenvalue weighted by Gasteiger charge is 2.43. The fourth-order valence-electron chi connectivity index (χ4n) is 13.0. The summed E-state index contributed by atoms with van der Waals surface area (Å²) in [5, 5.41) is 44.7. The van der Waals surface area contributed by atoms with Crippen molar-refractivity contribution >= 4 is 96.6 Å². The molecule has 8 aromatic heterocycles. The number of phenols is 3. The predicted octanol–water partition coefficient (Wildman–Crippen LogP) is 17.8. The van der Waals surface area contributed by atoms with Crippen LogP contribution in [0, 0.1) is 30.2 Å². The Morgan fingerprint density at radius 2 is 0.716 bits per heavy atom. The predicted molar refractivity (Wildman–Crippen MR) is 492 cm³/mol. The third-order valence-electron chi connectivity index (χ3n) is 18.9. The van der Waals surface area contributed by atoms with E-state index in [2.05, 4.69) is 78.4 Å². The number of carbonyl (C=O) groups is 3. The maximum Gasteiger partial charge on any atom is 0.431 e. The summed E-state index contributed by atoms with van der Waals surface area (Å²) >= 11 is 5.93. The second-order valence-electron chi connectivity index (χ2n) is 30.9. The zero-order valence-corrected chi connectivity index (χ0v) is 79.0. The van der Waals surface area contributed by atoms with Crippen LogP contribution in [0.15, 0.2) is 129 Å². The summed E-state index contributed by atoms with van der Waals surface area (Å²) in [5.41, 5.74) is -17.9. The number of nitrogens with zero attached hydrogens (tertiary/aromatic N) is 13. The molecular formula is C90H98ClF16N19O15. The third-order valence-corrected chi connectivity index (χ3v) is 19.0. The van der Waals surface area contributed by atoms with E-state index in [-0.39, 0.29) is 132 Å². The zero-order valence-electron chi connectivity index (χ0n) is 78.3. The largest absolute Gasteiger partial charge is 0.506 e. The maximum absolute atomic E-state index is 14.6. The number of hydrogen-bond acceptors (Lipinski definition) is 27. The van der Waals surface area contributed by atoms with Gasteiger partial charge in [0.1, 0.15) is 119 Å². The van der Waals surface area contributed by atoms with Crippen LogP contribution in [0.4, 0.5) is 103 Å². The monoisotopic (exact) mass is 2020 g/mol. The van der Waals surface area contributed by atoms with Crippen molar-refractivity contribution in [2.24, 2.45) is 0 Å². The van der Waals surface area contributed by atoms with E-state index < -0.39 is 184 Å². The number of ether oxygens (including phenoxy) is 5. The molecule has 0 spiro atoms. The van der Waals surface area contributed by atoms with Gasteiger partial charge < -0.3 is 75.8 Å². The first-order chi connectivity index (χ1) is 66.1. The van der Waals surface area contributed by atoms with Crippen molar-refractivity contribution < 1.29 is 124 Å². The molecule has 141 heavy (non-hydrogen) atoms. The standard InChI is InChI=1S/C22H22ClF4N5O3.C22H23F4N5O5.C22H21F4N5O4.C20H20F4N4O3.2C2H6/c1-11-6-5-7-13(24)16(11)32-14(22(25,26)27)10-12-15(18(32)33)30-19(23)31-17(12)28-8-9-29-20(34)35-21(2,3)4;1-21(2,3)36-20(34)28-9-8-27-17-11-10-14(22(24,25)26)31(16-12(23)6-5-7-13(16)32)18(33)15(11)29-19(30-17)35-4;1-4-16(33)30(5-2)10-9-27-19-12-11-15(22(24,25)26)31(18-13(23)7-6-8-14(18)32)20(34)17(12)28-21(29-19)35-3;1-3-4-5-9-25-17-11-10-14(20(22,23)24)28(16-12(21)7-6-8-13(16)29)18(30)15(11)26-19(27-17)31-2;2*1-2/h5-7,10H,8-9H2,1-4H3,(H,29,34)(H,28,30,31);5-7,10,32H,8-9H2,1-4H3,(H,28,34)(H,27,29,30);4,6-8,11,32H,1,5,9-10H2,2-3H3,(H,27,28,29);6-8,10,29H,3-5,9H2,1-2H3,(H,25,26,27);2*1-2H3. The van der Waals surface area contributed by atoms with Crippen molar-refractivity contribution in [2.75, 3.05) is 95.0 Å². The minimum Gasteiger partial charge on any atom is -0.506 e. The van der Waals surface area contributed by atoms with E-state index in [0.717, 1.165) is 86.0 Å². The molecule has 9 N–H and O–H groups in total. The normalized spacial score (nSPS) is 11.5. The SMILES string of the molecule is C=CC(=O)N(CC)CCNc1nc(OC)nc2c(=O)n(-c3c(O)cccc3F)c(C(F)(F)F)cc12.CC.CC.CCCCCNc1nc(OC)nc2c(=O)n(-c3c(O)cccc3F)c(C(F)(F)F)cc12.COc1nc(NCCNC(=O)OC(C)(C)C)c2cc(C(F)(F)F)n(-c3c(O)cccc3F)c(=O)c2n1.Cc1cccc(F)c1-n1c(C(F)(F)F)cc2c(NCCNC(=O)OC(C)(C)C)nc(Cl)nc2c1=O. The number of anilines is 4. The fourth-order valence-corrected chi connectivity index (χ4v) is 13.2. The molecule has 0 bridgehead atoms. The maximum atomic E-state index is 14.6. The minimum atomic E-state index is -5.13. The van der Waals surface area contributed by atoms with Crippen LogP contribution < -0.4 is 68.3 Å². The van der Waals surface area contributed by atoms with Gasteiger partial charge in [-0.15, -0.1) is 0 Å². The number of hydrogen-bond donors (Lipinski definition) is 9. The Labute approximate surface area is 796 Å². The fraction of sp³-hybridized carbons (Fsp3) is 0.367. The number of alkyl halides is 12. The lowest BCUT2D eigenvalue weighted by Crippen LogP contribution is -2.35. The lowest BCUT2D eigenvalue weighted by atomic mass is 10.1. The molecule has 0 saturated heterocycles. The van der Waals surface area contributed by atoms with Gasteiger partial charge in [-0.3, -0.25) is 42.2 Å². The van der Waals surface area contributed by atoms with Gasteiger partial charge in [0.15, 0.2) is 17.5 Å². The van der Waals surface area contributed by atoms with Crippen LogP contribution >= 0.6 is 11.6 Å². The molecule has 0 aliphatic heterocycles. The number of benzene rings is 4. The van der Waals surface area contributed by atoms with Crippen molar-refractivity contribution in [1.29, 1.82) is 0 Å². The summed E-state index contributed by atoms with van der Waals surface area (Å²) in [6.07, 6.45) is -18.0. The number of aryl methyl sites for hydroxylation is 1. The number of nitrogens with one attached hydrogen (secondary N) is 6. The number of fused-ring (bicyclic) bond motifs is 4. The van der Waals surface area contributed by atoms with Crippen LogP contribution in [0.25, 0.3) is 66.4 Å². The molecule has 0 saturated carbocycles. The highest BCUT2D eigenvalue weighted by Crippen LogP contribution is 2.42. The van der Waals surface area contributed by atoms with Gasteiger partial charge in [-0.25, -0.2) is 37.1 Å². The molecule has 0 unspecified atom stereocenters. The summed E-state index contributed by atoms with van der Waals surface area (Å²) in [6, 6.07) is 13.8. The lowest BCUT2D eigenvalue weighted by Gasteiger charge is -2.21. The van der Waals surface area contributed by atoms with Gasteiger partial charge >= 0.3 is 54.9 Å². The molecule has 0 aliphatic rings. The van der Waals surface area contributed by atoms with Gasteiger partial charge in [-0.1, -0.05) is 84.4 Å². The minimum absolute atomic E-state index is 0.00494. The Kier molecular flexibility index (Phi) is 38.5. The number of rotatable bonds is 26. The van der Waals surface area contributed by atoms with Crippen molar-refractivity contribution in [1.82, 2.24) is 73.7 Å². The van der Waals surface area contributed by atoms with E-state index in [1.807, 2.05) is 34.6 Å². The van der Waals surface area contributed by atoms with E-state index in [9.17, 15) is 119 Å². The third kappa shape index (κ3) is 28.2. The first-order valence-electron chi connectivity index (χ1n) is 42.6. The number of pyridine rings is 4. The second-order valence-corrected chi connectivity index (χ2v) is 31.2. The summed E-state index contributed by atoms with van der Waals surface area (Å²) in [4.78, 5) is 121. The molecule has 12 rings (SSSR count). The van der Waals surface area contributed by atoms with E-state index >= 15 is 0 Å². The van der Waals surface area contributed by atoms with Crippen molar-refractivity contribution in [3.05, 3.63) is 208 Å². The van der Waals surface area contributed by atoms with Gasteiger partial charge in [0, 0.05) is 52.4 Å². The van der Waals surface area contributed by atoms with Crippen molar-refractivity contribution in [3.63, 3.8) is 0 Å². The summed E-state index contributed by atoms with van der Waals surface area (Å²) in [7, 11) is 3.62. The lowest BCUT2D eigenvalue weighted by molar-refractivity contribution is -0.143. The molecular weight excluding hydrogens is 1930 g/mol. The van der Waals surface area contributed by atoms with Crippen LogP contribution in [0.3, 0.4) is 0 Å². The van der Waals surface area contributed by atoms with Crippen LogP contribution in [-0.2, 0) is 39.0 Å². The average molecular weight is 2030 g/mol. The van der Waals surface area contributed by atoms with Crippen molar-refractivity contribution in [3.8, 4) is 58.0 Å². The molecule has 4 aromatic carbocycles. The van der Waals surface area contributed by atoms with E-state index in [0.29, 0.717) is 37.4 Å². The number of carbonyl (C=O) groups excluding carboxylic acids is 3. The molecule has 762 valence electrons. The highest BCUT2D eigenvalue weighted by molar-refractivity contribution is 6.28. The number of phenolic OH excluding ortho intramolecular Hbond substituents is 3. The number of para-hydroxylation sites is 4. The van der Waals surface area contributed by atoms with Gasteiger partial charge in [-0.2, -0.15) is 82.6 Å². The number of methoxy groups -OCH3 is 3. The number of unbranched alkanes of at least 4 members (excludes halogenated alkanes) is 2. The number of aromatic hydroxyl groups is 3. The van der Waals surface area contributed by atoms with Gasteiger partial charge in [0.2, 0.25) is 11.2 Å². The highest BCUT2D eigenvalue weighted by atomic mass is 35.5. The summed E-state index contributed by atoms with van der Waals surface area (Å²) in [5.74, 6) is -8.17. The first-order valence-corrected chi connectivity index (χ1v) is 43.0. The molecule has 51 heteroatoms. The van der Waals surface area contributed by atoms with E-state index in [1.165, 1.54) is 45.3 Å². The number of likely N-dealkylation sites (N-methyl/N-ethyl adjacent to an activating group) is 1. The molecule has 0 fully saturated rings. The van der Waals surface area contributed by atoms with Gasteiger partial charge in [-0.05, 0) is 152 Å². The number of halogens is 17. The Hall–Kier alpha value is -15.0. The first kappa shape index (κ1) is 113. The van der Waals surface area contributed by atoms with Crippen LogP contribution in [-0.4, -0.2) is 181 Å². The Morgan fingerprint density at radius 1 is 0.426 bits per heavy atom. The molecule has 0 radical (unpaired) electrons. The number of amides is 3. The van der Waals surface area contributed by atoms with Crippen LogP contribution in [0.2, 0.25) is 5.28 Å². The Balaban J connectivity index is 0.000000253. The average Bonchev–Trinajstić information content (AvgIpc) is 1.12. The van der Waals surface area contributed by atoms with E-state index in [4.69, 9.17) is 35.3 Å². The summed E-state index contributed by atoms with van der Waals surface area (Å²) < 4.78 is 251. The Morgan fingerprint density at radius 3 is 1.00 bits per heavy atom. The summed E-state index contributed by atoms with van der Waals surface area (Å²) in [6.45, 7) is 27.6. The molecule has 12 aromatic rings. The molecule has 0 aliphatic carbocycles. The molecule has 34 nitrogen and oxygen atoms in total. The topological polar surface area (TPSA) is 425 Å². The quantitative estimate of drug-likeness (QED) is 0.0105. The molecule has 8 heterocycles. The Bertz CT molecular complexity index is 6710.